The van der Waals surface area contributed by atoms with Crippen molar-refractivity contribution in [2.75, 3.05) is 45.8 Å². The molecule has 1 amide bonds. The van der Waals surface area contributed by atoms with E-state index in [-0.39, 0.29) is 16.6 Å². The Hall–Kier alpha value is -1.77. The molecule has 8 heteroatoms. The number of sulfonamides is 1. The molecule has 142 valence electrons. The molecular weight excluding hydrogens is 354 g/mol. The summed E-state index contributed by atoms with van der Waals surface area (Å²) in [6, 6.07) is 6.00. The fourth-order valence-corrected chi connectivity index (χ4v) is 4.84. The van der Waals surface area contributed by atoms with Crippen molar-refractivity contribution in [2.24, 2.45) is 0 Å². The first-order chi connectivity index (χ1) is 12.4. The maximum absolute atomic E-state index is 12.8. The van der Waals surface area contributed by atoms with Crippen LogP contribution in [0, 0.1) is 0 Å². The molecule has 2 heterocycles. The normalized spacial score (nSPS) is 19.7. The van der Waals surface area contributed by atoms with Crippen LogP contribution < -0.4 is 0 Å². The average Bonchev–Trinajstić information content (AvgIpc) is 3.15. The van der Waals surface area contributed by atoms with Crippen molar-refractivity contribution in [3.63, 3.8) is 0 Å². The Morgan fingerprint density at radius 1 is 0.923 bits per heavy atom. The van der Waals surface area contributed by atoms with Crippen molar-refractivity contribution in [2.45, 2.75) is 24.7 Å². The molecule has 2 fully saturated rings. The molecular formula is C18H25N3O4S. The van der Waals surface area contributed by atoms with Crippen LogP contribution in [-0.4, -0.2) is 80.0 Å². The van der Waals surface area contributed by atoms with Crippen molar-refractivity contribution in [3.8, 4) is 0 Å². The highest BCUT2D eigenvalue weighted by molar-refractivity contribution is 7.89. The van der Waals surface area contributed by atoms with Crippen molar-refractivity contribution in [1.29, 1.82) is 0 Å². The van der Waals surface area contributed by atoms with Gasteiger partial charge in [-0.1, -0.05) is 12.1 Å². The first-order valence-electron chi connectivity index (χ1n) is 8.99. The molecule has 1 aromatic rings. The van der Waals surface area contributed by atoms with E-state index < -0.39 is 10.0 Å². The third-order valence-electron chi connectivity index (χ3n) is 5.05. The molecule has 0 atom stereocenters. The van der Waals surface area contributed by atoms with Gasteiger partial charge < -0.3 is 4.90 Å². The van der Waals surface area contributed by atoms with E-state index >= 15 is 0 Å². The van der Waals surface area contributed by atoms with Gasteiger partial charge in [0.2, 0.25) is 15.9 Å². The number of Topliss-reactive ketones (excluding diaryl/α,β-unsaturated/α-hetero) is 1. The number of hydrogen-bond acceptors (Lipinski definition) is 5. The van der Waals surface area contributed by atoms with E-state index in [4.69, 9.17) is 0 Å². The summed E-state index contributed by atoms with van der Waals surface area (Å²) < 4.78 is 26.9. The number of carbonyl (C=O) groups excluding carboxylic acids is 2. The Morgan fingerprint density at radius 3 is 2.04 bits per heavy atom. The van der Waals surface area contributed by atoms with E-state index in [1.807, 2.05) is 0 Å². The zero-order chi connectivity index (χ0) is 18.7. The molecule has 0 saturated carbocycles. The second-order valence-corrected chi connectivity index (χ2v) is 8.79. The van der Waals surface area contributed by atoms with E-state index in [1.54, 1.807) is 4.90 Å². The molecule has 2 saturated heterocycles. The molecule has 0 N–H and O–H groups in total. The minimum Gasteiger partial charge on any atom is -0.339 e. The number of likely N-dealkylation sites (tertiary alicyclic amines) is 1. The summed E-state index contributed by atoms with van der Waals surface area (Å²) >= 11 is 0. The summed E-state index contributed by atoms with van der Waals surface area (Å²) in [6.07, 6.45) is 2.28. The number of benzene rings is 1. The fraction of sp³-hybridized carbons (Fsp3) is 0.556. The highest BCUT2D eigenvalue weighted by atomic mass is 32.2. The average molecular weight is 379 g/mol. The number of amides is 1. The van der Waals surface area contributed by atoms with Crippen LogP contribution in [0.4, 0.5) is 0 Å². The molecule has 0 unspecified atom stereocenters. The molecule has 1 aromatic carbocycles. The van der Waals surface area contributed by atoms with Gasteiger partial charge in [0, 0.05) is 31.7 Å². The zero-order valence-electron chi connectivity index (χ0n) is 15.1. The zero-order valence-corrected chi connectivity index (χ0v) is 15.9. The lowest BCUT2D eigenvalue weighted by Gasteiger charge is -2.34. The van der Waals surface area contributed by atoms with Gasteiger partial charge in [-0.2, -0.15) is 4.31 Å². The third kappa shape index (κ3) is 4.13. The first-order valence-corrected chi connectivity index (χ1v) is 10.4. The molecule has 0 bridgehead atoms. The van der Waals surface area contributed by atoms with Crippen molar-refractivity contribution in [1.82, 2.24) is 14.1 Å². The lowest BCUT2D eigenvalue weighted by atomic mass is 10.2. The van der Waals surface area contributed by atoms with E-state index in [0.717, 1.165) is 25.9 Å². The number of piperazine rings is 1. The van der Waals surface area contributed by atoms with Crippen LogP contribution in [0.5, 0.6) is 0 Å². The summed E-state index contributed by atoms with van der Waals surface area (Å²) in [5, 5.41) is 0. The van der Waals surface area contributed by atoms with Crippen molar-refractivity contribution in [3.05, 3.63) is 29.8 Å². The van der Waals surface area contributed by atoms with Gasteiger partial charge >= 0.3 is 0 Å². The van der Waals surface area contributed by atoms with Crippen LogP contribution in [0.3, 0.4) is 0 Å². The summed E-state index contributed by atoms with van der Waals surface area (Å²) in [7, 11) is -3.60. The monoisotopic (exact) mass is 379 g/mol. The molecule has 7 nitrogen and oxygen atoms in total. The molecule has 3 rings (SSSR count). The number of hydrogen-bond donors (Lipinski definition) is 0. The Balaban J connectivity index is 1.59. The van der Waals surface area contributed by atoms with Gasteiger partial charge in [0.1, 0.15) is 0 Å². The minimum absolute atomic E-state index is 0.0785. The molecule has 0 aromatic heterocycles. The standard InChI is InChI=1S/C18H25N3O4S/c1-15(22)16-4-6-17(7-5-16)26(24,25)21-12-10-20(11-13-21)18(23)14-19-8-2-3-9-19/h4-7H,2-3,8-14H2,1H3. The topological polar surface area (TPSA) is 78.0 Å². The number of carbonyl (C=O) groups is 2. The predicted octanol–water partition coefficient (Wildman–Crippen LogP) is 0.818. The number of nitrogens with zero attached hydrogens (tertiary/aromatic N) is 3. The fourth-order valence-electron chi connectivity index (χ4n) is 3.42. The van der Waals surface area contributed by atoms with Crippen LogP contribution in [0.1, 0.15) is 30.1 Å². The van der Waals surface area contributed by atoms with Gasteiger partial charge in [0.05, 0.1) is 11.4 Å². The Morgan fingerprint density at radius 2 is 1.50 bits per heavy atom. The van der Waals surface area contributed by atoms with E-state index in [1.165, 1.54) is 35.5 Å². The second kappa shape index (κ2) is 7.85. The van der Waals surface area contributed by atoms with Crippen LogP contribution in [0.15, 0.2) is 29.2 Å². The Labute approximate surface area is 154 Å². The molecule has 0 spiro atoms. The highest BCUT2D eigenvalue weighted by Gasteiger charge is 2.30. The van der Waals surface area contributed by atoms with Gasteiger partial charge in [-0.05, 0) is 45.0 Å². The van der Waals surface area contributed by atoms with Crippen LogP contribution >= 0.6 is 0 Å². The quantitative estimate of drug-likeness (QED) is 0.708. The molecule has 2 aliphatic heterocycles. The largest absolute Gasteiger partial charge is 0.339 e. The van der Waals surface area contributed by atoms with E-state index in [9.17, 15) is 18.0 Å². The van der Waals surface area contributed by atoms with Gasteiger partial charge in [-0.3, -0.25) is 14.5 Å². The maximum Gasteiger partial charge on any atom is 0.243 e. The van der Waals surface area contributed by atoms with Crippen LogP contribution in [0.25, 0.3) is 0 Å². The lowest BCUT2D eigenvalue weighted by molar-refractivity contribution is -0.133. The van der Waals surface area contributed by atoms with E-state index in [0.29, 0.717) is 38.3 Å². The minimum atomic E-state index is -3.60. The molecule has 0 aliphatic carbocycles. The summed E-state index contributed by atoms with van der Waals surface area (Å²) in [5.41, 5.74) is 0.487. The van der Waals surface area contributed by atoms with Gasteiger partial charge in [0.25, 0.3) is 0 Å². The number of rotatable bonds is 5. The first kappa shape index (κ1) is 19.0. The summed E-state index contributed by atoms with van der Waals surface area (Å²) in [4.78, 5) is 27.8. The van der Waals surface area contributed by atoms with Crippen molar-refractivity contribution >= 4 is 21.7 Å². The maximum atomic E-state index is 12.8. The number of ketones is 1. The van der Waals surface area contributed by atoms with Crippen molar-refractivity contribution < 1.29 is 18.0 Å². The third-order valence-corrected chi connectivity index (χ3v) is 6.96. The smallest absolute Gasteiger partial charge is 0.243 e. The molecule has 2 aliphatic rings. The SMILES string of the molecule is CC(=O)c1ccc(S(=O)(=O)N2CCN(C(=O)CN3CCCC3)CC2)cc1. The van der Waals surface area contributed by atoms with Gasteiger partial charge in [-0.15, -0.1) is 0 Å². The predicted molar refractivity (Wildman–Crippen MR) is 97.5 cm³/mol. The van der Waals surface area contributed by atoms with Gasteiger partial charge in [0.15, 0.2) is 5.78 Å². The lowest BCUT2D eigenvalue weighted by Crippen LogP contribution is -2.52. The van der Waals surface area contributed by atoms with Gasteiger partial charge in [-0.25, -0.2) is 8.42 Å². The van der Waals surface area contributed by atoms with Crippen LogP contribution in [0.2, 0.25) is 0 Å². The molecule has 0 radical (unpaired) electrons. The Bertz CT molecular complexity index is 762. The summed E-state index contributed by atoms with van der Waals surface area (Å²) in [5.74, 6) is -0.0196. The molecule has 26 heavy (non-hydrogen) atoms. The Kier molecular flexibility index (Phi) is 5.74. The summed E-state index contributed by atoms with van der Waals surface area (Å²) in [6.45, 7) is 5.23. The van der Waals surface area contributed by atoms with Crippen LogP contribution in [-0.2, 0) is 14.8 Å². The highest BCUT2D eigenvalue weighted by Crippen LogP contribution is 2.19. The second-order valence-electron chi connectivity index (χ2n) is 6.85. The van der Waals surface area contributed by atoms with E-state index in [2.05, 4.69) is 4.90 Å².